The Balaban J connectivity index is 2.95. The first kappa shape index (κ1) is 9.71. The number of rotatable bonds is 2. The van der Waals surface area contributed by atoms with Gasteiger partial charge >= 0.3 is 0 Å². The molecule has 1 atom stereocenters. The predicted octanol–water partition coefficient (Wildman–Crippen LogP) is 0.646. The zero-order chi connectivity index (χ0) is 9.41. The lowest BCUT2D eigenvalue weighted by Crippen LogP contribution is -2.30. The molecule has 0 amide bonds. The third-order valence-corrected chi connectivity index (χ3v) is 4.56. The quantitative estimate of drug-likeness (QED) is 0.601. The first-order valence-corrected chi connectivity index (χ1v) is 5.91. The van der Waals surface area contributed by atoms with E-state index in [2.05, 4.69) is 0 Å². The van der Waals surface area contributed by atoms with Crippen LogP contribution in [0.1, 0.15) is 20.3 Å². The Hall–Kier alpha value is -0.380. The van der Waals surface area contributed by atoms with E-state index in [1.54, 1.807) is 0 Å². The molecule has 0 N–H and O–H groups in total. The van der Waals surface area contributed by atoms with Crippen LogP contribution in [-0.2, 0) is 14.6 Å². The summed E-state index contributed by atoms with van der Waals surface area (Å²) in [7, 11) is -2.94. The average molecular weight is 190 g/mol. The van der Waals surface area contributed by atoms with E-state index in [0.29, 0.717) is 6.42 Å². The first-order chi connectivity index (χ1) is 5.42. The number of hydrogen-bond donors (Lipinski definition) is 0. The third kappa shape index (κ3) is 1.53. The molecule has 0 aromatic carbocycles. The van der Waals surface area contributed by atoms with Crippen molar-refractivity contribution in [1.29, 1.82) is 0 Å². The molecule has 0 aromatic heterocycles. The molecule has 1 heterocycles. The van der Waals surface area contributed by atoms with Gasteiger partial charge in [0, 0.05) is 5.41 Å². The monoisotopic (exact) mass is 190 g/mol. The van der Waals surface area contributed by atoms with Gasteiger partial charge in [-0.2, -0.15) is 0 Å². The van der Waals surface area contributed by atoms with E-state index >= 15 is 0 Å². The summed E-state index contributed by atoms with van der Waals surface area (Å²) in [6, 6.07) is 0. The van der Waals surface area contributed by atoms with Crippen molar-refractivity contribution in [2.75, 3.05) is 11.5 Å². The van der Waals surface area contributed by atoms with Crippen LogP contribution in [0, 0.1) is 11.3 Å². The minimum atomic E-state index is -2.94. The predicted molar refractivity (Wildman–Crippen MR) is 46.6 cm³/mol. The number of hydrogen-bond acceptors (Lipinski definition) is 3. The normalized spacial score (nSPS) is 33.9. The molecule has 70 valence electrons. The smallest absolute Gasteiger partial charge is 0.151 e. The van der Waals surface area contributed by atoms with Gasteiger partial charge in [0.1, 0.15) is 6.29 Å². The van der Waals surface area contributed by atoms with Gasteiger partial charge in [-0.05, 0) is 12.3 Å². The van der Waals surface area contributed by atoms with Gasteiger partial charge in [-0.3, -0.25) is 0 Å². The molecule has 1 aliphatic rings. The topological polar surface area (TPSA) is 51.2 Å². The molecule has 1 saturated heterocycles. The van der Waals surface area contributed by atoms with Gasteiger partial charge in [-0.1, -0.05) is 13.8 Å². The van der Waals surface area contributed by atoms with Gasteiger partial charge < -0.3 is 4.79 Å². The second kappa shape index (κ2) is 2.83. The number of carbonyl (C=O) groups excluding carboxylic acids is 1. The van der Waals surface area contributed by atoms with Gasteiger partial charge in [0.25, 0.3) is 0 Å². The van der Waals surface area contributed by atoms with E-state index in [9.17, 15) is 13.2 Å². The molecule has 0 spiro atoms. The van der Waals surface area contributed by atoms with Crippen molar-refractivity contribution in [3.8, 4) is 0 Å². The molecular formula is C8H14O3S. The fourth-order valence-corrected chi connectivity index (χ4v) is 3.78. The summed E-state index contributed by atoms with van der Waals surface area (Å²) < 4.78 is 22.3. The van der Waals surface area contributed by atoms with Crippen LogP contribution >= 0.6 is 0 Å². The molecule has 3 nitrogen and oxygen atoms in total. The van der Waals surface area contributed by atoms with E-state index in [0.717, 1.165) is 6.29 Å². The Labute approximate surface area is 73.1 Å². The summed E-state index contributed by atoms with van der Waals surface area (Å²) >= 11 is 0. The van der Waals surface area contributed by atoms with Crippen molar-refractivity contribution >= 4 is 16.1 Å². The summed E-state index contributed by atoms with van der Waals surface area (Å²) in [5.74, 6) is 0.331. The van der Waals surface area contributed by atoms with E-state index in [1.807, 2.05) is 13.8 Å². The highest BCUT2D eigenvalue weighted by atomic mass is 32.2. The summed E-state index contributed by atoms with van der Waals surface area (Å²) in [6.45, 7) is 3.80. The van der Waals surface area contributed by atoms with Crippen LogP contribution in [0.3, 0.4) is 0 Å². The Morgan fingerprint density at radius 3 is 2.17 bits per heavy atom. The molecule has 1 aliphatic heterocycles. The zero-order valence-corrected chi connectivity index (χ0v) is 8.23. The van der Waals surface area contributed by atoms with Crippen LogP contribution in [0.15, 0.2) is 0 Å². The van der Waals surface area contributed by atoms with Crippen LogP contribution < -0.4 is 0 Å². The lowest BCUT2D eigenvalue weighted by molar-refractivity contribution is -0.117. The molecule has 0 saturated carbocycles. The molecular weight excluding hydrogens is 176 g/mol. The first-order valence-electron chi connectivity index (χ1n) is 4.09. The van der Waals surface area contributed by atoms with Gasteiger partial charge in [-0.15, -0.1) is 0 Å². The summed E-state index contributed by atoms with van der Waals surface area (Å²) in [6.07, 6.45) is 1.32. The van der Waals surface area contributed by atoms with Gasteiger partial charge in [0.2, 0.25) is 0 Å². The van der Waals surface area contributed by atoms with Crippen molar-refractivity contribution in [3.05, 3.63) is 0 Å². The molecule has 1 rings (SSSR count). The van der Waals surface area contributed by atoms with Gasteiger partial charge in [0.15, 0.2) is 9.84 Å². The highest BCUT2D eigenvalue weighted by Gasteiger charge is 2.44. The fraction of sp³-hybridized carbons (Fsp3) is 0.875. The second-order valence-electron chi connectivity index (χ2n) is 3.85. The van der Waals surface area contributed by atoms with E-state index in [1.165, 1.54) is 0 Å². The molecule has 0 aromatic rings. The Kier molecular flexibility index (Phi) is 2.29. The van der Waals surface area contributed by atoms with E-state index in [4.69, 9.17) is 0 Å². The largest absolute Gasteiger partial charge is 0.303 e. The lowest BCUT2D eigenvalue weighted by Gasteiger charge is -2.24. The Morgan fingerprint density at radius 1 is 1.42 bits per heavy atom. The fourth-order valence-electron chi connectivity index (χ4n) is 1.58. The van der Waals surface area contributed by atoms with Gasteiger partial charge in [-0.25, -0.2) is 8.42 Å². The van der Waals surface area contributed by atoms with E-state index < -0.39 is 15.3 Å². The maximum atomic E-state index is 11.2. The number of aldehydes is 1. The third-order valence-electron chi connectivity index (χ3n) is 2.75. The van der Waals surface area contributed by atoms with E-state index in [-0.39, 0.29) is 17.4 Å². The average Bonchev–Trinajstić information content (AvgIpc) is 2.27. The van der Waals surface area contributed by atoms with Crippen LogP contribution in [-0.4, -0.2) is 26.2 Å². The van der Waals surface area contributed by atoms with Crippen LogP contribution in [0.2, 0.25) is 0 Å². The summed E-state index contributed by atoms with van der Waals surface area (Å²) in [5.41, 5.74) is -0.598. The molecule has 12 heavy (non-hydrogen) atoms. The maximum absolute atomic E-state index is 11.2. The molecule has 1 unspecified atom stereocenters. The maximum Gasteiger partial charge on any atom is 0.151 e. The minimum absolute atomic E-state index is 0.0428. The van der Waals surface area contributed by atoms with Crippen molar-refractivity contribution in [2.24, 2.45) is 11.3 Å². The minimum Gasteiger partial charge on any atom is -0.303 e. The van der Waals surface area contributed by atoms with Crippen LogP contribution in [0.5, 0.6) is 0 Å². The molecule has 0 radical (unpaired) electrons. The summed E-state index contributed by atoms with van der Waals surface area (Å²) in [4.78, 5) is 10.8. The van der Waals surface area contributed by atoms with Crippen molar-refractivity contribution in [2.45, 2.75) is 20.3 Å². The SMILES string of the molecule is CC(C)C1(C=O)CCS(=O)(=O)C1. The molecule has 0 aliphatic carbocycles. The highest BCUT2D eigenvalue weighted by molar-refractivity contribution is 7.91. The Morgan fingerprint density at radius 2 is 2.00 bits per heavy atom. The van der Waals surface area contributed by atoms with Crippen molar-refractivity contribution < 1.29 is 13.2 Å². The number of sulfone groups is 1. The van der Waals surface area contributed by atoms with Crippen LogP contribution in [0.4, 0.5) is 0 Å². The van der Waals surface area contributed by atoms with Gasteiger partial charge in [0.05, 0.1) is 11.5 Å². The van der Waals surface area contributed by atoms with Crippen molar-refractivity contribution in [1.82, 2.24) is 0 Å². The molecule has 1 fully saturated rings. The standard InChI is InChI=1S/C8H14O3S/c1-7(2)8(5-9)3-4-12(10,11)6-8/h5,7H,3-4,6H2,1-2H3. The zero-order valence-electron chi connectivity index (χ0n) is 7.41. The molecule has 4 heteroatoms. The van der Waals surface area contributed by atoms with Crippen molar-refractivity contribution in [3.63, 3.8) is 0 Å². The lowest BCUT2D eigenvalue weighted by atomic mass is 9.78. The van der Waals surface area contributed by atoms with Crippen LogP contribution in [0.25, 0.3) is 0 Å². The number of carbonyl (C=O) groups is 1. The Bertz CT molecular complexity index is 279. The highest BCUT2D eigenvalue weighted by Crippen LogP contribution is 2.36. The molecule has 0 bridgehead atoms. The second-order valence-corrected chi connectivity index (χ2v) is 6.03. The summed E-state index contributed by atoms with van der Waals surface area (Å²) in [5, 5.41) is 0.